The maximum absolute atomic E-state index is 14.9. The summed E-state index contributed by atoms with van der Waals surface area (Å²) in [6.45, 7) is 6.38. The van der Waals surface area contributed by atoms with Gasteiger partial charge in [-0.1, -0.05) is 36.5 Å². The molecule has 3 aliphatic rings. The summed E-state index contributed by atoms with van der Waals surface area (Å²) in [7, 11) is -3.91. The van der Waals surface area contributed by atoms with Gasteiger partial charge in [0.1, 0.15) is 21.4 Å². The number of benzene rings is 2. The van der Waals surface area contributed by atoms with Crippen LogP contribution in [0.4, 0.5) is 4.39 Å². The Morgan fingerprint density at radius 2 is 1.65 bits per heavy atom. The van der Waals surface area contributed by atoms with Crippen LogP contribution in [0.5, 0.6) is 0 Å². The molecule has 3 aliphatic heterocycles. The van der Waals surface area contributed by atoms with Crippen LogP contribution < -0.4 is 0 Å². The average molecular weight is 543 g/mol. The summed E-state index contributed by atoms with van der Waals surface area (Å²) in [5, 5.41) is 4.86. The third-order valence-corrected chi connectivity index (χ3v) is 9.20. The first-order valence-corrected chi connectivity index (χ1v) is 14.4. The standard InChI is InChI=1S/C26H27FN4O4S2/c27-22-3-1-2-20-24-21(17-37(32,33)25(20)22)23(26(36)30-10-14-35-15-11-30)28-31(24)19-6-4-18(5-7-19)16-29-8-12-34-13-9-29/h1-7H,8-17H2. The van der Waals surface area contributed by atoms with Crippen molar-refractivity contribution in [1.82, 2.24) is 19.6 Å². The molecule has 1 aromatic heterocycles. The van der Waals surface area contributed by atoms with Crippen molar-refractivity contribution in [2.45, 2.75) is 17.2 Å². The molecule has 11 heteroatoms. The summed E-state index contributed by atoms with van der Waals surface area (Å²) in [6.07, 6.45) is 0. The number of fused-ring (bicyclic) bond motifs is 3. The van der Waals surface area contributed by atoms with Gasteiger partial charge in [0.15, 0.2) is 9.84 Å². The number of sulfone groups is 1. The summed E-state index contributed by atoms with van der Waals surface area (Å²) in [6, 6.07) is 12.4. The number of rotatable bonds is 4. The monoisotopic (exact) mass is 542 g/mol. The van der Waals surface area contributed by atoms with E-state index >= 15 is 0 Å². The Balaban J connectivity index is 1.45. The van der Waals surface area contributed by atoms with Gasteiger partial charge in [0.05, 0.1) is 43.6 Å². The van der Waals surface area contributed by atoms with Crippen LogP contribution in [0.15, 0.2) is 47.4 Å². The number of morpholine rings is 2. The van der Waals surface area contributed by atoms with E-state index in [9.17, 15) is 12.8 Å². The molecule has 0 N–H and O–H groups in total. The number of ether oxygens (including phenoxy) is 2. The molecule has 0 radical (unpaired) electrons. The molecule has 0 spiro atoms. The molecule has 0 amide bonds. The minimum atomic E-state index is -3.91. The first-order valence-electron chi connectivity index (χ1n) is 12.3. The summed E-state index contributed by atoms with van der Waals surface area (Å²) in [5.41, 5.74) is 3.74. The summed E-state index contributed by atoms with van der Waals surface area (Å²) in [4.78, 5) is 4.54. The van der Waals surface area contributed by atoms with E-state index in [1.165, 1.54) is 12.1 Å². The van der Waals surface area contributed by atoms with Crippen molar-refractivity contribution in [3.8, 4) is 16.9 Å². The predicted octanol–water partition coefficient (Wildman–Crippen LogP) is 2.81. The van der Waals surface area contributed by atoms with Gasteiger partial charge in [0.25, 0.3) is 0 Å². The van der Waals surface area contributed by atoms with Gasteiger partial charge in [0, 0.05) is 43.9 Å². The van der Waals surface area contributed by atoms with Crippen LogP contribution in [0.25, 0.3) is 16.9 Å². The highest BCUT2D eigenvalue weighted by atomic mass is 32.2. The Labute approximate surface area is 220 Å². The molecule has 4 heterocycles. The van der Waals surface area contributed by atoms with Crippen LogP contribution in [-0.2, 0) is 31.6 Å². The van der Waals surface area contributed by atoms with Crippen molar-refractivity contribution in [2.75, 3.05) is 52.6 Å². The van der Waals surface area contributed by atoms with E-state index in [1.807, 2.05) is 29.2 Å². The molecule has 8 nitrogen and oxygen atoms in total. The Kier molecular flexibility index (Phi) is 6.58. The van der Waals surface area contributed by atoms with Gasteiger partial charge >= 0.3 is 0 Å². The number of nitrogens with zero attached hydrogens (tertiary/aromatic N) is 4. The Bertz CT molecular complexity index is 1440. The van der Waals surface area contributed by atoms with Crippen LogP contribution >= 0.6 is 12.2 Å². The Morgan fingerprint density at radius 3 is 2.35 bits per heavy atom. The molecule has 3 aromatic rings. The van der Waals surface area contributed by atoms with Crippen LogP contribution in [0.2, 0.25) is 0 Å². The van der Waals surface area contributed by atoms with Gasteiger partial charge in [-0.15, -0.1) is 0 Å². The van der Waals surface area contributed by atoms with Crippen LogP contribution in [-0.4, -0.2) is 85.6 Å². The van der Waals surface area contributed by atoms with E-state index in [0.717, 1.165) is 44.1 Å². The molecule has 2 aromatic carbocycles. The first kappa shape index (κ1) is 24.6. The van der Waals surface area contributed by atoms with Crippen molar-refractivity contribution in [2.24, 2.45) is 0 Å². The molecule has 0 aliphatic carbocycles. The summed E-state index contributed by atoms with van der Waals surface area (Å²) in [5.74, 6) is -1.11. The second-order valence-electron chi connectivity index (χ2n) is 9.42. The topological polar surface area (TPSA) is 76.9 Å². The van der Waals surface area contributed by atoms with Crippen molar-refractivity contribution in [3.63, 3.8) is 0 Å². The molecular formula is C26H27FN4O4S2. The molecule has 0 atom stereocenters. The van der Waals surface area contributed by atoms with Crippen LogP contribution in [0.3, 0.4) is 0 Å². The van der Waals surface area contributed by atoms with Crippen molar-refractivity contribution in [1.29, 1.82) is 0 Å². The lowest BCUT2D eigenvalue weighted by Crippen LogP contribution is -2.40. The Morgan fingerprint density at radius 1 is 0.973 bits per heavy atom. The maximum atomic E-state index is 14.9. The lowest BCUT2D eigenvalue weighted by molar-refractivity contribution is 0.0342. The van der Waals surface area contributed by atoms with Crippen LogP contribution in [0, 0.1) is 5.82 Å². The number of aromatic nitrogens is 2. The van der Waals surface area contributed by atoms with Gasteiger partial charge in [-0.05, 0) is 23.8 Å². The second kappa shape index (κ2) is 9.88. The second-order valence-corrected chi connectivity index (χ2v) is 11.7. The highest BCUT2D eigenvalue weighted by Gasteiger charge is 2.38. The van der Waals surface area contributed by atoms with E-state index < -0.39 is 15.7 Å². The molecule has 0 bridgehead atoms. The molecule has 2 saturated heterocycles. The van der Waals surface area contributed by atoms with E-state index in [4.69, 9.17) is 26.8 Å². The normalized spacial score (nSPS) is 19.3. The minimum absolute atomic E-state index is 0.281. The Hall–Kier alpha value is -2.70. The van der Waals surface area contributed by atoms with Gasteiger partial charge in [-0.25, -0.2) is 17.5 Å². The number of halogens is 1. The summed E-state index contributed by atoms with van der Waals surface area (Å²) < 4.78 is 53.9. The maximum Gasteiger partial charge on any atom is 0.186 e. The molecule has 0 unspecified atom stereocenters. The molecule has 0 saturated carbocycles. The minimum Gasteiger partial charge on any atom is -0.379 e. The third-order valence-electron chi connectivity index (χ3n) is 7.04. The fourth-order valence-electron chi connectivity index (χ4n) is 5.17. The predicted molar refractivity (Wildman–Crippen MR) is 140 cm³/mol. The van der Waals surface area contributed by atoms with Crippen LogP contribution in [0.1, 0.15) is 16.8 Å². The molecule has 6 rings (SSSR count). The van der Waals surface area contributed by atoms with Crippen molar-refractivity contribution in [3.05, 3.63) is 65.1 Å². The lowest BCUT2D eigenvalue weighted by Gasteiger charge is -2.29. The van der Waals surface area contributed by atoms with Crippen molar-refractivity contribution >= 4 is 27.0 Å². The number of thiocarbonyl (C=S) groups is 1. The van der Waals surface area contributed by atoms with Gasteiger partial charge < -0.3 is 14.4 Å². The highest BCUT2D eigenvalue weighted by molar-refractivity contribution is 7.91. The largest absolute Gasteiger partial charge is 0.379 e. The third kappa shape index (κ3) is 4.59. The van der Waals surface area contributed by atoms with E-state index in [0.29, 0.717) is 53.8 Å². The van der Waals surface area contributed by atoms with Gasteiger partial charge in [-0.3, -0.25) is 4.90 Å². The van der Waals surface area contributed by atoms with E-state index in [1.54, 1.807) is 10.7 Å². The molecular weight excluding hydrogens is 515 g/mol. The highest BCUT2D eigenvalue weighted by Crippen LogP contribution is 2.42. The van der Waals surface area contributed by atoms with E-state index in [-0.39, 0.29) is 10.6 Å². The fraction of sp³-hybridized carbons (Fsp3) is 0.385. The lowest BCUT2D eigenvalue weighted by atomic mass is 10.0. The SMILES string of the molecule is O=S1(=O)Cc2c(C(=S)N3CCOCC3)nn(-c3ccc(CN4CCOCC4)cc3)c2-c2cccc(F)c21. The number of hydrogen-bond acceptors (Lipinski definition) is 7. The average Bonchev–Trinajstić information content (AvgIpc) is 3.28. The van der Waals surface area contributed by atoms with Gasteiger partial charge in [-0.2, -0.15) is 5.10 Å². The molecule has 37 heavy (non-hydrogen) atoms. The summed E-state index contributed by atoms with van der Waals surface area (Å²) >= 11 is 5.81. The zero-order valence-electron chi connectivity index (χ0n) is 20.2. The molecule has 2 fully saturated rings. The quantitative estimate of drug-likeness (QED) is 0.466. The smallest absolute Gasteiger partial charge is 0.186 e. The van der Waals surface area contributed by atoms with Crippen molar-refractivity contribution < 1.29 is 22.3 Å². The van der Waals surface area contributed by atoms with Gasteiger partial charge in [0.2, 0.25) is 0 Å². The zero-order chi connectivity index (χ0) is 25.6. The number of hydrogen-bond donors (Lipinski definition) is 0. The first-order chi connectivity index (χ1) is 17.9. The zero-order valence-corrected chi connectivity index (χ0v) is 21.9. The fourth-order valence-corrected chi connectivity index (χ4v) is 7.18. The molecule has 194 valence electrons. The van der Waals surface area contributed by atoms with E-state index in [2.05, 4.69) is 4.90 Å².